The molecule has 0 fully saturated rings. The number of thioether (sulfide) groups is 1. The number of benzene rings is 2. The average molecular weight is 372 g/mol. The van der Waals surface area contributed by atoms with Gasteiger partial charge in [-0.1, -0.05) is 30.0 Å². The number of aliphatic hydroxyl groups is 2. The number of imidazole rings is 1. The van der Waals surface area contributed by atoms with Crippen molar-refractivity contribution in [3.05, 3.63) is 53.6 Å². The van der Waals surface area contributed by atoms with Gasteiger partial charge in [0.05, 0.1) is 36.9 Å². The van der Waals surface area contributed by atoms with Gasteiger partial charge in [-0.3, -0.25) is 0 Å². The van der Waals surface area contributed by atoms with Crippen LogP contribution in [-0.2, 0) is 6.54 Å². The number of fused-ring (bicyclic) bond motifs is 1. The van der Waals surface area contributed by atoms with Gasteiger partial charge in [0.1, 0.15) is 5.75 Å². The van der Waals surface area contributed by atoms with Crippen molar-refractivity contribution in [2.75, 3.05) is 19.0 Å². The van der Waals surface area contributed by atoms with Gasteiger partial charge in [-0.15, -0.1) is 0 Å². The monoisotopic (exact) mass is 372 g/mol. The molecule has 0 radical (unpaired) electrons. The molecule has 0 saturated heterocycles. The molecule has 0 saturated carbocycles. The molecule has 0 aliphatic heterocycles. The fourth-order valence-electron chi connectivity index (χ4n) is 2.70. The van der Waals surface area contributed by atoms with Gasteiger partial charge in [0.2, 0.25) is 0 Å². The average Bonchev–Trinajstić information content (AvgIpc) is 2.99. The summed E-state index contributed by atoms with van der Waals surface area (Å²) in [5.74, 6) is 1.61. The lowest BCUT2D eigenvalue weighted by Crippen LogP contribution is -2.20. The molecule has 0 spiro atoms. The highest BCUT2D eigenvalue weighted by Gasteiger charge is 2.14. The highest BCUT2D eigenvalue weighted by molar-refractivity contribution is 7.99. The van der Waals surface area contributed by atoms with E-state index < -0.39 is 6.10 Å². The molecule has 138 valence electrons. The standard InChI is InChI=1S/C20H24N2O3S/c1-14-7-8-17(11-15(14)2)25-9-10-26-20-21-18-5-3-4-6-19(18)22(20)12-16(24)13-23/h3-8,11,16,23-24H,9-10,12-13H2,1-2H3. The summed E-state index contributed by atoms with van der Waals surface area (Å²) < 4.78 is 7.79. The van der Waals surface area contributed by atoms with Crippen LogP contribution in [0, 0.1) is 13.8 Å². The van der Waals surface area contributed by atoms with Gasteiger partial charge < -0.3 is 19.5 Å². The molecule has 6 heteroatoms. The molecule has 5 nitrogen and oxygen atoms in total. The predicted octanol–water partition coefficient (Wildman–Crippen LogP) is 3.18. The normalized spacial score (nSPS) is 12.5. The lowest BCUT2D eigenvalue weighted by atomic mass is 10.1. The third-order valence-electron chi connectivity index (χ3n) is 4.29. The second-order valence-electron chi connectivity index (χ2n) is 6.27. The Balaban J connectivity index is 1.66. The van der Waals surface area contributed by atoms with E-state index in [0.29, 0.717) is 13.2 Å². The first-order valence-corrected chi connectivity index (χ1v) is 9.64. The Morgan fingerprint density at radius 3 is 2.73 bits per heavy atom. The fraction of sp³-hybridized carbons (Fsp3) is 0.350. The van der Waals surface area contributed by atoms with Gasteiger partial charge in [-0.25, -0.2) is 4.98 Å². The Kier molecular flexibility index (Phi) is 6.19. The highest BCUT2D eigenvalue weighted by atomic mass is 32.2. The van der Waals surface area contributed by atoms with E-state index in [1.54, 1.807) is 11.8 Å². The molecule has 1 aromatic heterocycles. The van der Waals surface area contributed by atoms with Crippen LogP contribution in [0.2, 0.25) is 0 Å². The van der Waals surface area contributed by atoms with E-state index in [2.05, 4.69) is 24.9 Å². The first-order valence-electron chi connectivity index (χ1n) is 8.65. The summed E-state index contributed by atoms with van der Waals surface area (Å²) in [6.45, 7) is 4.77. The van der Waals surface area contributed by atoms with E-state index in [4.69, 9.17) is 9.84 Å². The number of aliphatic hydroxyl groups excluding tert-OH is 2. The molecule has 1 atom stereocenters. The van der Waals surface area contributed by atoms with Crippen molar-refractivity contribution in [3.8, 4) is 5.75 Å². The van der Waals surface area contributed by atoms with E-state index >= 15 is 0 Å². The van der Waals surface area contributed by atoms with E-state index in [9.17, 15) is 5.11 Å². The zero-order valence-corrected chi connectivity index (χ0v) is 15.9. The van der Waals surface area contributed by atoms with Crippen molar-refractivity contribution < 1.29 is 14.9 Å². The summed E-state index contributed by atoms with van der Waals surface area (Å²) in [6.07, 6.45) is -0.807. The highest BCUT2D eigenvalue weighted by Crippen LogP contribution is 2.25. The number of aromatic nitrogens is 2. The second-order valence-corrected chi connectivity index (χ2v) is 7.34. The summed E-state index contributed by atoms with van der Waals surface area (Å²) in [6, 6.07) is 13.9. The quantitative estimate of drug-likeness (QED) is 0.470. The number of ether oxygens (including phenoxy) is 1. The Labute approximate surface area is 157 Å². The second kappa shape index (κ2) is 8.58. The number of aryl methyl sites for hydroxylation is 2. The summed E-state index contributed by atoms with van der Waals surface area (Å²) in [5.41, 5.74) is 4.31. The van der Waals surface area contributed by atoms with Crippen LogP contribution in [0.3, 0.4) is 0 Å². The van der Waals surface area contributed by atoms with Crippen molar-refractivity contribution >= 4 is 22.8 Å². The van der Waals surface area contributed by atoms with Gasteiger partial charge in [0, 0.05) is 5.75 Å². The Hall–Kier alpha value is -2.02. The van der Waals surface area contributed by atoms with Crippen molar-refractivity contribution in [1.29, 1.82) is 0 Å². The van der Waals surface area contributed by atoms with Crippen LogP contribution in [0.5, 0.6) is 5.75 Å². The Bertz CT molecular complexity index is 879. The van der Waals surface area contributed by atoms with Crippen molar-refractivity contribution in [2.45, 2.75) is 31.7 Å². The number of para-hydroxylation sites is 2. The molecule has 2 N–H and O–H groups in total. The van der Waals surface area contributed by atoms with Crippen molar-refractivity contribution in [3.63, 3.8) is 0 Å². The predicted molar refractivity (Wildman–Crippen MR) is 105 cm³/mol. The van der Waals surface area contributed by atoms with Crippen LogP contribution in [0.15, 0.2) is 47.6 Å². The number of hydrogen-bond acceptors (Lipinski definition) is 5. The molecule has 3 rings (SSSR count). The molecular weight excluding hydrogens is 348 g/mol. The smallest absolute Gasteiger partial charge is 0.169 e. The van der Waals surface area contributed by atoms with E-state index in [1.165, 1.54) is 11.1 Å². The summed E-state index contributed by atoms with van der Waals surface area (Å²) >= 11 is 1.59. The van der Waals surface area contributed by atoms with Gasteiger partial charge >= 0.3 is 0 Å². The molecule has 0 aliphatic carbocycles. The van der Waals surface area contributed by atoms with Crippen LogP contribution >= 0.6 is 11.8 Å². The number of hydrogen-bond donors (Lipinski definition) is 2. The minimum absolute atomic E-state index is 0.271. The van der Waals surface area contributed by atoms with Crippen molar-refractivity contribution in [2.24, 2.45) is 0 Å². The first-order chi connectivity index (χ1) is 12.6. The van der Waals surface area contributed by atoms with E-state index in [-0.39, 0.29) is 6.61 Å². The summed E-state index contributed by atoms with van der Waals surface area (Å²) in [4.78, 5) is 4.65. The van der Waals surface area contributed by atoms with Crippen molar-refractivity contribution in [1.82, 2.24) is 9.55 Å². The Morgan fingerprint density at radius 1 is 1.15 bits per heavy atom. The largest absolute Gasteiger partial charge is 0.493 e. The van der Waals surface area contributed by atoms with Gasteiger partial charge in [0.15, 0.2) is 5.16 Å². The zero-order chi connectivity index (χ0) is 18.5. The SMILES string of the molecule is Cc1ccc(OCCSc2nc3ccccc3n2CC(O)CO)cc1C. The molecule has 3 aromatic rings. The van der Waals surface area contributed by atoms with Crippen LogP contribution < -0.4 is 4.74 Å². The fourth-order valence-corrected chi connectivity index (χ4v) is 3.55. The third kappa shape index (κ3) is 4.38. The number of nitrogens with zero attached hydrogens (tertiary/aromatic N) is 2. The van der Waals surface area contributed by atoms with Gasteiger partial charge in [-0.05, 0) is 49.2 Å². The molecule has 2 aromatic carbocycles. The zero-order valence-electron chi connectivity index (χ0n) is 15.1. The minimum atomic E-state index is -0.807. The molecular formula is C20H24N2O3S. The van der Waals surface area contributed by atoms with Crippen LogP contribution in [0.25, 0.3) is 11.0 Å². The minimum Gasteiger partial charge on any atom is -0.493 e. The lowest BCUT2D eigenvalue weighted by molar-refractivity contribution is 0.0802. The molecule has 0 aliphatic rings. The maximum absolute atomic E-state index is 9.85. The summed E-state index contributed by atoms with van der Waals surface area (Å²) in [5, 5.41) is 19.8. The maximum atomic E-state index is 9.85. The molecule has 0 bridgehead atoms. The topological polar surface area (TPSA) is 67.5 Å². The molecule has 1 unspecified atom stereocenters. The number of rotatable bonds is 8. The van der Waals surface area contributed by atoms with Crippen LogP contribution in [-0.4, -0.2) is 44.8 Å². The van der Waals surface area contributed by atoms with E-state index in [1.807, 2.05) is 41.0 Å². The van der Waals surface area contributed by atoms with Crippen LogP contribution in [0.1, 0.15) is 11.1 Å². The molecule has 1 heterocycles. The molecule has 0 amide bonds. The van der Waals surface area contributed by atoms with E-state index in [0.717, 1.165) is 27.7 Å². The van der Waals surface area contributed by atoms with Gasteiger partial charge in [0.25, 0.3) is 0 Å². The first kappa shape index (κ1) is 18.8. The van der Waals surface area contributed by atoms with Crippen LogP contribution in [0.4, 0.5) is 0 Å². The summed E-state index contributed by atoms with van der Waals surface area (Å²) in [7, 11) is 0. The maximum Gasteiger partial charge on any atom is 0.169 e. The third-order valence-corrected chi connectivity index (χ3v) is 5.23. The Morgan fingerprint density at radius 2 is 1.96 bits per heavy atom. The lowest BCUT2D eigenvalue weighted by Gasteiger charge is -2.12. The van der Waals surface area contributed by atoms with Gasteiger partial charge in [-0.2, -0.15) is 0 Å². The molecule has 26 heavy (non-hydrogen) atoms.